The van der Waals surface area contributed by atoms with Gasteiger partial charge in [-0.2, -0.15) is 0 Å². The smallest absolute Gasteiger partial charge is 0.329 e. The van der Waals surface area contributed by atoms with Crippen LogP contribution in [0.3, 0.4) is 0 Å². The summed E-state index contributed by atoms with van der Waals surface area (Å²) in [6, 6.07) is 20.4. The first-order valence-corrected chi connectivity index (χ1v) is 12.0. The van der Waals surface area contributed by atoms with Crippen LogP contribution in [0.5, 0.6) is 5.75 Å². The van der Waals surface area contributed by atoms with Crippen LogP contribution in [0.1, 0.15) is 11.1 Å². The lowest BCUT2D eigenvalue weighted by atomic mass is 10.0. The van der Waals surface area contributed by atoms with E-state index in [1.807, 2.05) is 35.1 Å². The van der Waals surface area contributed by atoms with Crippen LogP contribution in [0.4, 0.5) is 10.5 Å². The van der Waals surface area contributed by atoms with Crippen molar-refractivity contribution in [3.8, 4) is 5.75 Å². The van der Waals surface area contributed by atoms with E-state index in [1.165, 1.54) is 11.0 Å². The van der Waals surface area contributed by atoms with Gasteiger partial charge in [0.15, 0.2) is 0 Å². The van der Waals surface area contributed by atoms with Crippen molar-refractivity contribution >= 4 is 27.6 Å². The molecule has 0 heterocycles. The molecule has 0 fully saturated rings. The third kappa shape index (κ3) is 6.14. The van der Waals surface area contributed by atoms with E-state index in [0.717, 1.165) is 5.56 Å². The second kappa shape index (κ2) is 10.8. The van der Waals surface area contributed by atoms with E-state index in [0.29, 0.717) is 17.0 Å². The van der Waals surface area contributed by atoms with Crippen molar-refractivity contribution in [1.29, 1.82) is 0 Å². The van der Waals surface area contributed by atoms with E-state index in [1.54, 1.807) is 63.5 Å². The first kappa shape index (κ1) is 24.8. The minimum Gasteiger partial charge on any atom is -0.497 e. The number of nitrogens with one attached hydrogen (secondary N) is 2. The Bertz CT molecular complexity index is 1250. The number of benzene rings is 3. The molecule has 0 aliphatic carbocycles. The lowest BCUT2D eigenvalue weighted by Gasteiger charge is -2.25. The number of carbonyl (C=O) groups is 2. The topological polar surface area (TPSA) is 105 Å². The fourth-order valence-electron chi connectivity index (χ4n) is 3.44. The predicted octanol–water partition coefficient (Wildman–Crippen LogP) is 3.27. The summed E-state index contributed by atoms with van der Waals surface area (Å²) >= 11 is 0. The molecule has 0 saturated heterocycles. The highest BCUT2D eigenvalue weighted by Crippen LogP contribution is 2.20. The molecule has 3 aromatic rings. The maximum Gasteiger partial charge on any atom is 0.329 e. The Hall–Kier alpha value is -3.85. The number of anilines is 1. The normalized spacial score (nSPS) is 11.9. The average Bonchev–Trinajstić information content (AvgIpc) is 2.83. The minimum atomic E-state index is -4.12. The summed E-state index contributed by atoms with van der Waals surface area (Å²) < 4.78 is 32.6. The number of rotatable bonds is 8. The van der Waals surface area contributed by atoms with Gasteiger partial charge >= 0.3 is 6.03 Å². The van der Waals surface area contributed by atoms with Gasteiger partial charge in [0.25, 0.3) is 10.0 Å². The van der Waals surface area contributed by atoms with E-state index in [-0.39, 0.29) is 11.3 Å². The highest BCUT2D eigenvalue weighted by atomic mass is 32.2. The summed E-state index contributed by atoms with van der Waals surface area (Å²) in [5.74, 6) is 0.238. The molecule has 0 bridgehead atoms. The van der Waals surface area contributed by atoms with Gasteiger partial charge in [-0.25, -0.2) is 17.9 Å². The fraction of sp³-hybridized carbons (Fsp3) is 0.200. The largest absolute Gasteiger partial charge is 0.497 e. The molecule has 3 aromatic carbocycles. The molecule has 0 radical (unpaired) electrons. The van der Waals surface area contributed by atoms with Crippen molar-refractivity contribution in [2.24, 2.45) is 0 Å². The number of likely N-dealkylation sites (N-methyl/N-ethyl adjacent to an activating group) is 1. The van der Waals surface area contributed by atoms with Crippen LogP contribution in [-0.4, -0.2) is 40.6 Å². The Kier molecular flexibility index (Phi) is 7.91. The molecule has 34 heavy (non-hydrogen) atoms. The Morgan fingerprint density at radius 3 is 2.18 bits per heavy atom. The summed E-state index contributed by atoms with van der Waals surface area (Å²) in [5.41, 5.74) is 1.91. The molecule has 0 aliphatic rings. The SMILES string of the molecule is COc1ccc(N(C)C(=O)[C@H](Cc2ccccc2)NC(=O)NS(=O)(=O)c2ccccc2C)cc1. The van der Waals surface area contributed by atoms with Crippen LogP contribution in [-0.2, 0) is 21.2 Å². The van der Waals surface area contributed by atoms with Gasteiger partial charge in [-0.05, 0) is 48.4 Å². The summed E-state index contributed by atoms with van der Waals surface area (Å²) in [6.45, 7) is 1.64. The molecule has 0 saturated carbocycles. The number of ether oxygens (including phenoxy) is 1. The first-order chi connectivity index (χ1) is 16.2. The van der Waals surface area contributed by atoms with Crippen LogP contribution in [0.2, 0.25) is 0 Å². The average molecular weight is 482 g/mol. The molecule has 8 nitrogen and oxygen atoms in total. The number of carbonyl (C=O) groups excluding carboxylic acids is 2. The number of hydrogen-bond donors (Lipinski definition) is 2. The van der Waals surface area contributed by atoms with E-state index in [2.05, 4.69) is 5.32 Å². The van der Waals surface area contributed by atoms with Gasteiger partial charge in [0.2, 0.25) is 5.91 Å². The van der Waals surface area contributed by atoms with Crippen molar-refractivity contribution in [2.45, 2.75) is 24.3 Å². The van der Waals surface area contributed by atoms with Gasteiger partial charge in [-0.3, -0.25) is 4.79 Å². The summed E-state index contributed by atoms with van der Waals surface area (Å²) in [5, 5.41) is 2.54. The van der Waals surface area contributed by atoms with Crippen LogP contribution in [0, 0.1) is 6.92 Å². The van der Waals surface area contributed by atoms with Crippen LogP contribution >= 0.6 is 0 Å². The summed E-state index contributed by atoms with van der Waals surface area (Å²) in [6.07, 6.45) is 0.179. The molecule has 9 heteroatoms. The number of amides is 3. The van der Waals surface area contributed by atoms with Crippen molar-refractivity contribution in [1.82, 2.24) is 10.0 Å². The zero-order chi connectivity index (χ0) is 24.7. The lowest BCUT2D eigenvalue weighted by molar-refractivity contribution is -0.120. The summed E-state index contributed by atoms with van der Waals surface area (Å²) in [4.78, 5) is 27.4. The first-order valence-electron chi connectivity index (χ1n) is 10.6. The molecule has 178 valence electrons. The van der Waals surface area contributed by atoms with Gasteiger partial charge < -0.3 is 15.0 Å². The van der Waals surface area contributed by atoms with Crippen LogP contribution in [0.25, 0.3) is 0 Å². The highest BCUT2D eigenvalue weighted by molar-refractivity contribution is 7.90. The van der Waals surface area contributed by atoms with Crippen molar-refractivity contribution < 1.29 is 22.7 Å². The van der Waals surface area contributed by atoms with Gasteiger partial charge in [0.1, 0.15) is 11.8 Å². The van der Waals surface area contributed by atoms with Gasteiger partial charge in [0, 0.05) is 19.2 Å². The molecule has 0 unspecified atom stereocenters. The summed E-state index contributed by atoms with van der Waals surface area (Å²) in [7, 11) is -0.977. The highest BCUT2D eigenvalue weighted by Gasteiger charge is 2.27. The molecule has 3 amide bonds. The maximum atomic E-state index is 13.3. The monoisotopic (exact) mass is 481 g/mol. The number of nitrogens with zero attached hydrogens (tertiary/aromatic N) is 1. The Balaban J connectivity index is 1.81. The van der Waals surface area contributed by atoms with E-state index >= 15 is 0 Å². The number of urea groups is 1. The van der Waals surface area contributed by atoms with Crippen LogP contribution in [0.15, 0.2) is 83.8 Å². The van der Waals surface area contributed by atoms with E-state index in [4.69, 9.17) is 4.74 Å². The van der Waals surface area contributed by atoms with Crippen molar-refractivity contribution in [3.05, 3.63) is 90.0 Å². The van der Waals surface area contributed by atoms with Crippen molar-refractivity contribution in [3.63, 3.8) is 0 Å². The Morgan fingerprint density at radius 2 is 1.56 bits per heavy atom. The van der Waals surface area contributed by atoms with Gasteiger partial charge in [-0.15, -0.1) is 0 Å². The molecule has 0 spiro atoms. The lowest BCUT2D eigenvalue weighted by Crippen LogP contribution is -2.52. The van der Waals surface area contributed by atoms with Crippen molar-refractivity contribution in [2.75, 3.05) is 19.1 Å². The fourth-order valence-corrected chi connectivity index (χ4v) is 4.60. The molecule has 2 N–H and O–H groups in total. The molecule has 3 rings (SSSR count). The second-order valence-corrected chi connectivity index (χ2v) is 9.33. The van der Waals surface area contributed by atoms with Crippen LogP contribution < -0.4 is 19.7 Å². The zero-order valence-corrected chi connectivity index (χ0v) is 20.0. The number of hydrogen-bond acceptors (Lipinski definition) is 5. The third-order valence-electron chi connectivity index (χ3n) is 5.29. The third-order valence-corrected chi connectivity index (χ3v) is 6.78. The standard InChI is InChI=1S/C25H27N3O5S/c1-18-9-7-8-12-23(18)34(31,32)27-25(30)26-22(17-19-10-5-4-6-11-19)24(29)28(2)20-13-15-21(33-3)16-14-20/h4-16,22H,17H2,1-3H3,(H2,26,27,30)/t22-/m0/s1. The molecule has 0 aliphatic heterocycles. The molecular formula is C25H27N3O5S. The minimum absolute atomic E-state index is 0.00793. The van der Waals surface area contributed by atoms with Gasteiger partial charge in [-0.1, -0.05) is 48.5 Å². The number of aryl methyl sites for hydroxylation is 1. The number of sulfonamides is 1. The molecule has 1 atom stereocenters. The quantitative estimate of drug-likeness (QED) is 0.514. The van der Waals surface area contributed by atoms with E-state index in [9.17, 15) is 18.0 Å². The maximum absolute atomic E-state index is 13.3. The Morgan fingerprint density at radius 1 is 0.941 bits per heavy atom. The zero-order valence-electron chi connectivity index (χ0n) is 19.2. The Labute approximate surface area is 199 Å². The van der Waals surface area contributed by atoms with Gasteiger partial charge in [0.05, 0.1) is 12.0 Å². The second-order valence-electron chi connectivity index (χ2n) is 7.68. The molecule has 0 aromatic heterocycles. The molecular weight excluding hydrogens is 454 g/mol. The predicted molar refractivity (Wildman–Crippen MR) is 130 cm³/mol. The van der Waals surface area contributed by atoms with E-state index < -0.39 is 28.0 Å². The number of methoxy groups -OCH3 is 1.